The molecule has 45 heavy (non-hydrogen) atoms. The largest absolute Gasteiger partial charge is 0.508 e. The maximum absolute atomic E-state index is 13.6. The molecule has 5 atom stereocenters. The fourth-order valence-electron chi connectivity index (χ4n) is 4.52. The van der Waals surface area contributed by atoms with Crippen molar-refractivity contribution in [3.8, 4) is 51.6 Å². The van der Waals surface area contributed by atoms with E-state index in [1.54, 1.807) is 0 Å². The molecule has 0 amide bonds. The fraction of sp³-hybridized carbons (Fsp3) is 0.200. The topological polar surface area (TPSA) is 257 Å². The van der Waals surface area contributed by atoms with E-state index in [9.17, 15) is 55.5 Å². The lowest BCUT2D eigenvalue weighted by Crippen LogP contribution is -2.60. The molecule has 2 unspecified atom stereocenters. The molecule has 0 bridgehead atoms. The maximum atomic E-state index is 13.6. The van der Waals surface area contributed by atoms with Gasteiger partial charge in [0.2, 0.25) is 17.5 Å². The van der Waals surface area contributed by atoms with Crippen molar-refractivity contribution in [3.05, 3.63) is 70.4 Å². The Kier molecular flexibility index (Phi) is 8.43. The van der Waals surface area contributed by atoms with E-state index in [2.05, 4.69) is 0 Å². The summed E-state index contributed by atoms with van der Waals surface area (Å²) in [5.74, 6) is -5.06. The molecule has 1 fully saturated rings. The Morgan fingerprint density at radius 3 is 2.18 bits per heavy atom. The third kappa shape index (κ3) is 6.27. The van der Waals surface area contributed by atoms with Gasteiger partial charge in [0.1, 0.15) is 53.5 Å². The molecule has 3 aromatic carbocycles. The van der Waals surface area contributed by atoms with Crippen molar-refractivity contribution >= 4 is 23.0 Å². The molecule has 0 saturated carbocycles. The SMILES string of the molecule is O=C(/C=C/c1ccc(O)c(O)c1)OC[C@H]1O[C@@H](Oc2c(-c3ccc(O)c(O)c3)oc3cc(O)cc(O)c3c2=O)C(O)C(O)[C@H]1O. The number of fused-ring (bicyclic) bond motifs is 1. The van der Waals surface area contributed by atoms with E-state index in [0.29, 0.717) is 5.56 Å². The molecule has 1 saturated heterocycles. The third-order valence-corrected chi connectivity index (χ3v) is 6.86. The van der Waals surface area contributed by atoms with Crippen molar-refractivity contribution in [2.45, 2.75) is 30.7 Å². The molecule has 0 aliphatic carbocycles. The molecule has 5 rings (SSSR count). The van der Waals surface area contributed by atoms with Crippen LogP contribution in [0.3, 0.4) is 0 Å². The summed E-state index contributed by atoms with van der Waals surface area (Å²) in [5.41, 5.74) is -1.02. The Hall–Kier alpha value is -5.48. The van der Waals surface area contributed by atoms with E-state index in [1.807, 2.05) is 0 Å². The zero-order valence-electron chi connectivity index (χ0n) is 22.8. The maximum Gasteiger partial charge on any atom is 0.330 e. The summed E-state index contributed by atoms with van der Waals surface area (Å²) in [5, 5.41) is 90.2. The highest BCUT2D eigenvalue weighted by molar-refractivity contribution is 5.88. The molecule has 0 radical (unpaired) electrons. The lowest BCUT2D eigenvalue weighted by atomic mass is 9.99. The number of carbonyl (C=O) groups excluding carboxylic acids is 1. The van der Waals surface area contributed by atoms with Gasteiger partial charge in [0.25, 0.3) is 0 Å². The van der Waals surface area contributed by atoms with Gasteiger partial charge in [-0.25, -0.2) is 4.79 Å². The van der Waals surface area contributed by atoms with Crippen molar-refractivity contribution < 1.29 is 69.4 Å². The second-order valence-electron chi connectivity index (χ2n) is 9.98. The highest BCUT2D eigenvalue weighted by Gasteiger charge is 2.46. The van der Waals surface area contributed by atoms with Crippen molar-refractivity contribution in [2.24, 2.45) is 0 Å². The Bertz CT molecular complexity index is 1850. The fourth-order valence-corrected chi connectivity index (χ4v) is 4.52. The molecule has 9 N–H and O–H groups in total. The standard InChI is InChI=1S/C30H26O15/c31-14-9-19(36)23-20(10-14)43-28(13-3-5-16(33)18(35)8-13)29(25(23)39)45-30-27(41)26(40)24(38)21(44-30)11-42-22(37)6-2-12-1-4-15(32)17(34)7-12/h1-10,21,24,26-27,30-36,38,40-41H,11H2/b6-2+/t21-,24+,26?,27?,30+/m1/s1. The minimum atomic E-state index is -1.97. The Labute approximate surface area is 251 Å². The number of aliphatic hydroxyl groups excluding tert-OH is 3. The number of carbonyl (C=O) groups is 1. The van der Waals surface area contributed by atoms with Crippen molar-refractivity contribution in [1.82, 2.24) is 0 Å². The number of ether oxygens (including phenoxy) is 3. The molecular weight excluding hydrogens is 600 g/mol. The number of aliphatic hydroxyl groups is 3. The van der Waals surface area contributed by atoms with Gasteiger partial charge in [-0.3, -0.25) is 4.79 Å². The van der Waals surface area contributed by atoms with Gasteiger partial charge < -0.3 is 64.6 Å². The van der Waals surface area contributed by atoms with Gasteiger partial charge in [-0.05, 0) is 42.0 Å². The average Bonchev–Trinajstić information content (AvgIpc) is 2.99. The smallest absolute Gasteiger partial charge is 0.330 e. The van der Waals surface area contributed by atoms with Gasteiger partial charge in [0.05, 0.1) is 0 Å². The van der Waals surface area contributed by atoms with Crippen LogP contribution in [-0.4, -0.2) is 89.2 Å². The number of benzene rings is 3. The lowest BCUT2D eigenvalue weighted by molar-refractivity contribution is -0.278. The predicted octanol–water partition coefficient (Wildman–Crippen LogP) is 1.14. The van der Waals surface area contributed by atoms with Crippen LogP contribution >= 0.6 is 0 Å². The minimum Gasteiger partial charge on any atom is -0.508 e. The highest BCUT2D eigenvalue weighted by atomic mass is 16.7. The molecule has 0 spiro atoms. The number of hydrogen-bond donors (Lipinski definition) is 9. The van der Waals surface area contributed by atoms with E-state index in [4.69, 9.17) is 18.6 Å². The van der Waals surface area contributed by atoms with Gasteiger partial charge in [0.15, 0.2) is 28.8 Å². The molecule has 1 aliphatic heterocycles. The molecule has 4 aromatic rings. The molecule has 15 nitrogen and oxygen atoms in total. The summed E-state index contributed by atoms with van der Waals surface area (Å²) < 4.78 is 22.0. The first-order valence-electron chi connectivity index (χ1n) is 13.1. The first-order valence-corrected chi connectivity index (χ1v) is 13.1. The first-order chi connectivity index (χ1) is 21.3. The molecular formula is C30H26O15. The van der Waals surface area contributed by atoms with Crippen LogP contribution < -0.4 is 10.2 Å². The van der Waals surface area contributed by atoms with Gasteiger partial charge in [-0.2, -0.15) is 0 Å². The minimum absolute atomic E-state index is 0.0350. The monoisotopic (exact) mass is 626 g/mol. The first kappa shape index (κ1) is 31.0. The van der Waals surface area contributed by atoms with E-state index in [0.717, 1.165) is 30.3 Å². The number of rotatable bonds is 7. The zero-order valence-corrected chi connectivity index (χ0v) is 22.8. The number of aromatic hydroxyl groups is 6. The van der Waals surface area contributed by atoms with Crippen LogP contribution in [0.5, 0.6) is 40.2 Å². The van der Waals surface area contributed by atoms with Crippen LogP contribution in [-0.2, 0) is 14.3 Å². The van der Waals surface area contributed by atoms with E-state index < -0.39 is 94.4 Å². The quantitative estimate of drug-likeness (QED) is 0.0791. The normalized spacial score (nSPS) is 21.6. The van der Waals surface area contributed by atoms with E-state index in [1.165, 1.54) is 30.3 Å². The zero-order chi connectivity index (χ0) is 32.6. The van der Waals surface area contributed by atoms with Gasteiger partial charge in [-0.1, -0.05) is 6.07 Å². The van der Waals surface area contributed by atoms with Crippen LogP contribution in [0.1, 0.15) is 5.56 Å². The van der Waals surface area contributed by atoms with Crippen molar-refractivity contribution in [2.75, 3.05) is 6.61 Å². The van der Waals surface area contributed by atoms with Crippen LogP contribution in [0.25, 0.3) is 28.4 Å². The summed E-state index contributed by atoms with van der Waals surface area (Å²) in [6.07, 6.45) is -6.85. The summed E-state index contributed by atoms with van der Waals surface area (Å²) in [4.78, 5) is 25.8. The Morgan fingerprint density at radius 1 is 0.800 bits per heavy atom. The summed E-state index contributed by atoms with van der Waals surface area (Å²) >= 11 is 0. The van der Waals surface area contributed by atoms with Gasteiger partial charge in [-0.15, -0.1) is 0 Å². The van der Waals surface area contributed by atoms with Crippen molar-refractivity contribution in [1.29, 1.82) is 0 Å². The number of hydrogen-bond acceptors (Lipinski definition) is 15. The van der Waals surface area contributed by atoms with Crippen LogP contribution in [0.2, 0.25) is 0 Å². The van der Waals surface area contributed by atoms with Crippen molar-refractivity contribution in [3.63, 3.8) is 0 Å². The molecule has 2 heterocycles. The summed E-state index contributed by atoms with van der Waals surface area (Å²) in [6, 6.07) is 9.02. The predicted molar refractivity (Wildman–Crippen MR) is 152 cm³/mol. The van der Waals surface area contributed by atoms with Gasteiger partial charge in [0, 0.05) is 23.8 Å². The second kappa shape index (κ2) is 12.3. The van der Waals surface area contributed by atoms with Crippen LogP contribution in [0, 0.1) is 0 Å². The highest BCUT2D eigenvalue weighted by Crippen LogP contribution is 2.39. The van der Waals surface area contributed by atoms with Gasteiger partial charge >= 0.3 is 5.97 Å². The lowest BCUT2D eigenvalue weighted by Gasteiger charge is -2.39. The molecule has 236 valence electrons. The second-order valence-corrected chi connectivity index (χ2v) is 9.98. The molecule has 15 heteroatoms. The van der Waals surface area contributed by atoms with Crippen LogP contribution in [0.4, 0.5) is 0 Å². The third-order valence-electron chi connectivity index (χ3n) is 6.86. The molecule has 1 aliphatic rings. The Balaban J connectivity index is 1.43. The number of phenols is 6. The molecule has 1 aromatic heterocycles. The number of esters is 1. The average molecular weight is 627 g/mol. The van der Waals surface area contributed by atoms with Crippen LogP contribution in [0.15, 0.2) is 63.8 Å². The summed E-state index contributed by atoms with van der Waals surface area (Å²) in [7, 11) is 0. The van der Waals surface area contributed by atoms with E-state index in [-0.39, 0.29) is 16.9 Å². The number of phenolic OH excluding ortho intramolecular Hbond substituents is 6. The van der Waals surface area contributed by atoms with E-state index >= 15 is 0 Å². The summed E-state index contributed by atoms with van der Waals surface area (Å²) in [6.45, 7) is -0.667. The Morgan fingerprint density at radius 2 is 1.49 bits per heavy atom.